The minimum atomic E-state index is -0.334. The van der Waals surface area contributed by atoms with Crippen molar-refractivity contribution in [3.8, 4) is 0 Å². The summed E-state index contributed by atoms with van der Waals surface area (Å²) < 4.78 is 5.09. The summed E-state index contributed by atoms with van der Waals surface area (Å²) in [5.41, 5.74) is 1.17. The van der Waals surface area contributed by atoms with E-state index in [1.807, 2.05) is 11.8 Å². The Labute approximate surface area is 149 Å². The van der Waals surface area contributed by atoms with Gasteiger partial charge in [-0.3, -0.25) is 0 Å². The molecule has 0 unspecified atom stereocenters. The Hall–Kier alpha value is -2.08. The van der Waals surface area contributed by atoms with Crippen molar-refractivity contribution in [2.75, 3.05) is 25.0 Å². The standard InChI is InChI=1S/C19H29N3O3/c1-4-13-25-18(23)15-5-7-16(8-6-15)21-19(24)22-11-9-17(10-12-22)20-14(2)3/h5-8,14,17,20H,4,9-13H2,1-3H3,(H,21,24). The first-order valence-corrected chi connectivity index (χ1v) is 9.08. The molecule has 0 radical (unpaired) electrons. The van der Waals surface area contributed by atoms with Crippen LogP contribution in [0.2, 0.25) is 0 Å². The molecular formula is C19H29N3O3. The van der Waals surface area contributed by atoms with Gasteiger partial charge in [0.1, 0.15) is 0 Å². The second kappa shape index (κ2) is 9.42. The van der Waals surface area contributed by atoms with Crippen molar-refractivity contribution in [1.82, 2.24) is 10.2 Å². The van der Waals surface area contributed by atoms with Gasteiger partial charge in [0.25, 0.3) is 0 Å². The molecule has 138 valence electrons. The zero-order valence-corrected chi connectivity index (χ0v) is 15.4. The molecule has 6 heteroatoms. The summed E-state index contributed by atoms with van der Waals surface area (Å²) in [6.07, 6.45) is 2.73. The molecule has 1 aromatic rings. The number of esters is 1. The molecule has 2 rings (SSSR count). The number of nitrogens with one attached hydrogen (secondary N) is 2. The van der Waals surface area contributed by atoms with Crippen LogP contribution in [0.5, 0.6) is 0 Å². The molecule has 1 aliphatic rings. The van der Waals surface area contributed by atoms with Crippen molar-refractivity contribution in [3.05, 3.63) is 29.8 Å². The highest BCUT2D eigenvalue weighted by Gasteiger charge is 2.23. The highest BCUT2D eigenvalue weighted by molar-refractivity contribution is 5.92. The van der Waals surface area contributed by atoms with Crippen LogP contribution in [0.4, 0.5) is 10.5 Å². The summed E-state index contributed by atoms with van der Waals surface area (Å²) in [4.78, 5) is 26.0. The molecule has 0 aliphatic carbocycles. The first-order valence-electron chi connectivity index (χ1n) is 9.08. The number of carbonyl (C=O) groups is 2. The Kier molecular flexibility index (Phi) is 7.25. The maximum absolute atomic E-state index is 12.4. The molecule has 1 aliphatic heterocycles. The van der Waals surface area contributed by atoms with E-state index in [2.05, 4.69) is 24.5 Å². The number of piperidine rings is 1. The van der Waals surface area contributed by atoms with Crippen LogP contribution in [0.1, 0.15) is 50.4 Å². The third kappa shape index (κ3) is 6.05. The number of amides is 2. The minimum Gasteiger partial charge on any atom is -0.462 e. The summed E-state index contributed by atoms with van der Waals surface area (Å²) in [6.45, 7) is 8.14. The fourth-order valence-corrected chi connectivity index (χ4v) is 2.89. The summed E-state index contributed by atoms with van der Waals surface area (Å²) in [7, 11) is 0. The number of urea groups is 1. The number of ether oxygens (including phenoxy) is 1. The van der Waals surface area contributed by atoms with Crippen LogP contribution >= 0.6 is 0 Å². The number of likely N-dealkylation sites (tertiary alicyclic amines) is 1. The molecule has 0 spiro atoms. The summed E-state index contributed by atoms with van der Waals surface area (Å²) in [6, 6.07) is 7.66. The quantitative estimate of drug-likeness (QED) is 0.775. The highest BCUT2D eigenvalue weighted by Crippen LogP contribution is 2.15. The molecule has 0 atom stereocenters. The number of rotatable bonds is 6. The van der Waals surface area contributed by atoms with E-state index in [1.54, 1.807) is 24.3 Å². The van der Waals surface area contributed by atoms with Gasteiger partial charge < -0.3 is 20.3 Å². The summed E-state index contributed by atoms with van der Waals surface area (Å²) in [5.74, 6) is -0.334. The fraction of sp³-hybridized carbons (Fsp3) is 0.579. The third-order valence-electron chi connectivity index (χ3n) is 4.16. The molecule has 25 heavy (non-hydrogen) atoms. The molecule has 2 N–H and O–H groups in total. The van der Waals surface area contributed by atoms with Gasteiger partial charge in [-0.25, -0.2) is 9.59 Å². The van der Waals surface area contributed by atoms with Crippen molar-refractivity contribution in [2.45, 2.75) is 52.1 Å². The molecule has 0 saturated carbocycles. The zero-order chi connectivity index (χ0) is 18.2. The number of hydrogen-bond acceptors (Lipinski definition) is 4. The first-order chi connectivity index (χ1) is 12.0. The highest BCUT2D eigenvalue weighted by atomic mass is 16.5. The number of nitrogens with zero attached hydrogens (tertiary/aromatic N) is 1. The maximum atomic E-state index is 12.4. The van der Waals surface area contributed by atoms with Crippen LogP contribution < -0.4 is 10.6 Å². The third-order valence-corrected chi connectivity index (χ3v) is 4.16. The van der Waals surface area contributed by atoms with Crippen LogP contribution in [0, 0.1) is 0 Å². The van der Waals surface area contributed by atoms with Crippen LogP contribution in [0.25, 0.3) is 0 Å². The van der Waals surface area contributed by atoms with Crippen molar-refractivity contribution in [3.63, 3.8) is 0 Å². The smallest absolute Gasteiger partial charge is 0.338 e. The number of hydrogen-bond donors (Lipinski definition) is 2. The Morgan fingerprint density at radius 3 is 2.40 bits per heavy atom. The van der Waals surface area contributed by atoms with Crippen LogP contribution in [-0.2, 0) is 4.74 Å². The SMILES string of the molecule is CCCOC(=O)c1ccc(NC(=O)N2CCC(NC(C)C)CC2)cc1. The van der Waals surface area contributed by atoms with Gasteiger partial charge >= 0.3 is 12.0 Å². The topological polar surface area (TPSA) is 70.7 Å². The molecule has 0 aromatic heterocycles. The van der Waals surface area contributed by atoms with E-state index in [4.69, 9.17) is 4.74 Å². The molecular weight excluding hydrogens is 318 g/mol. The number of anilines is 1. The molecule has 0 bridgehead atoms. The molecule has 1 fully saturated rings. The second-order valence-corrected chi connectivity index (χ2v) is 6.73. The van der Waals surface area contributed by atoms with Gasteiger partial charge in [0, 0.05) is 30.9 Å². The lowest BCUT2D eigenvalue weighted by Gasteiger charge is -2.33. The fourth-order valence-electron chi connectivity index (χ4n) is 2.89. The molecule has 1 aromatic carbocycles. The predicted molar refractivity (Wildman–Crippen MR) is 98.9 cm³/mol. The summed E-state index contributed by atoms with van der Waals surface area (Å²) >= 11 is 0. The Balaban J connectivity index is 1.82. The average Bonchev–Trinajstić information content (AvgIpc) is 2.60. The zero-order valence-electron chi connectivity index (χ0n) is 15.4. The summed E-state index contributed by atoms with van der Waals surface area (Å²) in [5, 5.41) is 6.41. The van der Waals surface area contributed by atoms with Gasteiger partial charge in [-0.2, -0.15) is 0 Å². The van der Waals surface area contributed by atoms with E-state index in [-0.39, 0.29) is 12.0 Å². The normalized spacial score (nSPS) is 15.3. The van der Waals surface area contributed by atoms with Crippen molar-refractivity contribution < 1.29 is 14.3 Å². The van der Waals surface area contributed by atoms with Gasteiger partial charge in [0.2, 0.25) is 0 Å². The molecule has 1 heterocycles. The van der Waals surface area contributed by atoms with E-state index in [9.17, 15) is 9.59 Å². The lowest BCUT2D eigenvalue weighted by molar-refractivity contribution is 0.0505. The number of carbonyl (C=O) groups excluding carboxylic acids is 2. The van der Waals surface area contributed by atoms with Crippen molar-refractivity contribution in [2.24, 2.45) is 0 Å². The maximum Gasteiger partial charge on any atom is 0.338 e. The first kappa shape index (κ1) is 19.2. The molecule has 1 saturated heterocycles. The van der Waals surface area contributed by atoms with Crippen molar-refractivity contribution >= 4 is 17.7 Å². The van der Waals surface area contributed by atoms with E-state index in [0.717, 1.165) is 32.4 Å². The van der Waals surface area contributed by atoms with Crippen LogP contribution in [-0.4, -0.2) is 48.7 Å². The Morgan fingerprint density at radius 1 is 1.20 bits per heavy atom. The minimum absolute atomic E-state index is 0.0932. The van der Waals surface area contributed by atoms with Gasteiger partial charge in [-0.05, 0) is 43.5 Å². The van der Waals surface area contributed by atoms with E-state index in [0.29, 0.717) is 29.9 Å². The van der Waals surface area contributed by atoms with Gasteiger partial charge in [0.05, 0.1) is 12.2 Å². The van der Waals surface area contributed by atoms with Gasteiger partial charge in [-0.15, -0.1) is 0 Å². The largest absolute Gasteiger partial charge is 0.462 e. The second-order valence-electron chi connectivity index (χ2n) is 6.73. The predicted octanol–water partition coefficient (Wildman–Crippen LogP) is 3.25. The van der Waals surface area contributed by atoms with E-state index in [1.165, 1.54) is 0 Å². The number of benzene rings is 1. The Bertz CT molecular complexity index is 564. The van der Waals surface area contributed by atoms with Gasteiger partial charge in [-0.1, -0.05) is 20.8 Å². The molecule has 6 nitrogen and oxygen atoms in total. The van der Waals surface area contributed by atoms with E-state index < -0.39 is 0 Å². The molecule has 2 amide bonds. The Morgan fingerprint density at radius 2 is 1.84 bits per heavy atom. The van der Waals surface area contributed by atoms with Gasteiger partial charge in [0.15, 0.2) is 0 Å². The van der Waals surface area contributed by atoms with Crippen molar-refractivity contribution in [1.29, 1.82) is 0 Å². The van der Waals surface area contributed by atoms with E-state index >= 15 is 0 Å². The van der Waals surface area contributed by atoms with Crippen LogP contribution in [0.3, 0.4) is 0 Å². The monoisotopic (exact) mass is 347 g/mol. The van der Waals surface area contributed by atoms with Crippen LogP contribution in [0.15, 0.2) is 24.3 Å². The average molecular weight is 347 g/mol. The lowest BCUT2D eigenvalue weighted by atomic mass is 10.0. The lowest BCUT2D eigenvalue weighted by Crippen LogP contribution is -2.47.